The third kappa shape index (κ3) is 3.07. The number of hydrogen-bond donors (Lipinski definition) is 0. The van der Waals surface area contributed by atoms with Crippen molar-refractivity contribution in [2.45, 2.75) is 6.92 Å². The molecule has 0 aromatic heterocycles. The van der Waals surface area contributed by atoms with E-state index in [4.69, 9.17) is 10.00 Å². The summed E-state index contributed by atoms with van der Waals surface area (Å²) in [6, 6.07) is 4.58. The van der Waals surface area contributed by atoms with Crippen LogP contribution >= 0.6 is 15.9 Å². The molecule has 78 valence electrons. The van der Waals surface area contributed by atoms with Crippen molar-refractivity contribution in [1.29, 1.82) is 5.26 Å². The molecule has 0 aliphatic carbocycles. The minimum absolute atomic E-state index is 0.0669. The summed E-state index contributed by atoms with van der Waals surface area (Å²) in [6.07, 6.45) is 3.60. The maximum atomic E-state index is 13.3. The van der Waals surface area contributed by atoms with Gasteiger partial charge < -0.3 is 4.74 Å². The monoisotopic (exact) mass is 269 g/mol. The summed E-state index contributed by atoms with van der Waals surface area (Å²) in [5.41, 5.74) is -0.0669. The van der Waals surface area contributed by atoms with Gasteiger partial charge in [-0.2, -0.15) is 5.26 Å². The topological polar surface area (TPSA) is 33.0 Å². The molecule has 15 heavy (non-hydrogen) atoms. The van der Waals surface area contributed by atoms with E-state index in [1.807, 2.05) is 13.0 Å². The fraction of sp³-hybridized carbons (Fsp3) is 0.182. The summed E-state index contributed by atoms with van der Waals surface area (Å²) in [6.45, 7) is 2.18. The van der Waals surface area contributed by atoms with Gasteiger partial charge in [-0.1, -0.05) is 28.1 Å². The number of ether oxygens (including phenoxy) is 1. The van der Waals surface area contributed by atoms with Crippen molar-refractivity contribution in [2.75, 3.05) is 6.61 Å². The third-order valence-corrected chi connectivity index (χ3v) is 2.16. The Labute approximate surface area is 96.1 Å². The summed E-state index contributed by atoms with van der Waals surface area (Å²) in [7, 11) is 0. The van der Waals surface area contributed by atoms with Crippen molar-refractivity contribution < 1.29 is 9.13 Å². The molecule has 0 aliphatic rings. The molecule has 1 aromatic rings. The van der Waals surface area contributed by atoms with E-state index in [1.165, 1.54) is 6.07 Å². The van der Waals surface area contributed by atoms with Gasteiger partial charge in [0.15, 0.2) is 0 Å². The van der Waals surface area contributed by atoms with Crippen molar-refractivity contribution >= 4 is 15.9 Å². The zero-order chi connectivity index (χ0) is 11.3. The SMILES string of the molecule is C/C=C/COc1cc(Br)cc(F)c1C#N. The molecule has 0 spiro atoms. The Hall–Kier alpha value is -1.34. The van der Waals surface area contributed by atoms with Gasteiger partial charge in [0.1, 0.15) is 29.8 Å². The molecular formula is C11H9BrFNO. The number of rotatable bonds is 3. The second kappa shape index (κ2) is 5.52. The van der Waals surface area contributed by atoms with Gasteiger partial charge in [0.2, 0.25) is 0 Å². The molecule has 0 fully saturated rings. The lowest BCUT2D eigenvalue weighted by atomic mass is 10.2. The lowest BCUT2D eigenvalue weighted by molar-refractivity contribution is 0.358. The van der Waals surface area contributed by atoms with Gasteiger partial charge in [0.25, 0.3) is 0 Å². The Morgan fingerprint density at radius 2 is 2.33 bits per heavy atom. The second-order valence-corrected chi connectivity index (χ2v) is 3.67. The largest absolute Gasteiger partial charge is 0.488 e. The molecule has 0 amide bonds. The Kier molecular flexibility index (Phi) is 4.32. The smallest absolute Gasteiger partial charge is 0.145 e. The highest BCUT2D eigenvalue weighted by atomic mass is 79.9. The molecule has 0 aliphatic heterocycles. The normalized spacial score (nSPS) is 10.3. The Morgan fingerprint density at radius 1 is 1.60 bits per heavy atom. The first-order valence-corrected chi connectivity index (χ1v) is 5.11. The van der Waals surface area contributed by atoms with Crippen LogP contribution in [0.25, 0.3) is 0 Å². The first kappa shape index (κ1) is 11.7. The minimum atomic E-state index is -0.581. The first-order valence-electron chi connectivity index (χ1n) is 4.32. The number of nitriles is 1. The highest BCUT2D eigenvalue weighted by Gasteiger charge is 2.10. The third-order valence-electron chi connectivity index (χ3n) is 1.70. The zero-order valence-electron chi connectivity index (χ0n) is 8.13. The van der Waals surface area contributed by atoms with Crippen LogP contribution in [0.15, 0.2) is 28.8 Å². The molecule has 0 atom stereocenters. The first-order chi connectivity index (χ1) is 7.19. The van der Waals surface area contributed by atoms with E-state index in [0.29, 0.717) is 11.1 Å². The van der Waals surface area contributed by atoms with Crippen LogP contribution in [0.5, 0.6) is 5.75 Å². The molecule has 1 aromatic carbocycles. The van der Waals surface area contributed by atoms with Crippen LogP contribution in [0.4, 0.5) is 4.39 Å². The lowest BCUT2D eigenvalue weighted by Crippen LogP contribution is -1.98. The van der Waals surface area contributed by atoms with Crippen molar-refractivity contribution in [3.8, 4) is 11.8 Å². The summed E-state index contributed by atoms with van der Waals surface area (Å²) in [5, 5.41) is 8.74. The van der Waals surface area contributed by atoms with E-state index in [-0.39, 0.29) is 11.3 Å². The number of nitrogens with zero attached hydrogens (tertiary/aromatic N) is 1. The molecule has 0 saturated heterocycles. The molecule has 0 bridgehead atoms. The molecule has 2 nitrogen and oxygen atoms in total. The number of halogens is 2. The van der Waals surface area contributed by atoms with Crippen molar-refractivity contribution in [1.82, 2.24) is 0 Å². The second-order valence-electron chi connectivity index (χ2n) is 2.75. The van der Waals surface area contributed by atoms with E-state index < -0.39 is 5.82 Å². The molecular weight excluding hydrogens is 261 g/mol. The van der Waals surface area contributed by atoms with Gasteiger partial charge in [-0.15, -0.1) is 0 Å². The van der Waals surface area contributed by atoms with Gasteiger partial charge in [-0.3, -0.25) is 0 Å². The van der Waals surface area contributed by atoms with Crippen LogP contribution in [0.2, 0.25) is 0 Å². The van der Waals surface area contributed by atoms with E-state index in [2.05, 4.69) is 15.9 Å². The molecule has 1 rings (SSSR count). The molecule has 0 heterocycles. The molecule has 0 N–H and O–H groups in total. The summed E-state index contributed by atoms with van der Waals surface area (Å²) >= 11 is 3.14. The zero-order valence-corrected chi connectivity index (χ0v) is 9.71. The quantitative estimate of drug-likeness (QED) is 0.788. The summed E-state index contributed by atoms with van der Waals surface area (Å²) in [5.74, 6) is -0.329. The van der Waals surface area contributed by atoms with Crippen LogP contribution in [0.3, 0.4) is 0 Å². The van der Waals surface area contributed by atoms with Crippen LogP contribution in [-0.4, -0.2) is 6.61 Å². The van der Waals surface area contributed by atoms with Crippen molar-refractivity contribution in [3.63, 3.8) is 0 Å². The van der Waals surface area contributed by atoms with E-state index in [9.17, 15) is 4.39 Å². The van der Waals surface area contributed by atoms with Crippen molar-refractivity contribution in [2.24, 2.45) is 0 Å². The van der Waals surface area contributed by atoms with Gasteiger partial charge in [0.05, 0.1) is 0 Å². The number of hydrogen-bond acceptors (Lipinski definition) is 2. The average Bonchev–Trinajstić information content (AvgIpc) is 2.17. The molecule has 0 unspecified atom stereocenters. The van der Waals surface area contributed by atoms with E-state index in [0.717, 1.165) is 0 Å². The predicted molar refractivity (Wildman–Crippen MR) is 59.1 cm³/mol. The van der Waals surface area contributed by atoms with Crippen molar-refractivity contribution in [3.05, 3.63) is 40.1 Å². The highest BCUT2D eigenvalue weighted by molar-refractivity contribution is 9.10. The van der Waals surface area contributed by atoms with Crippen LogP contribution in [0, 0.1) is 17.1 Å². The van der Waals surface area contributed by atoms with Gasteiger partial charge in [-0.25, -0.2) is 4.39 Å². The average molecular weight is 270 g/mol. The Morgan fingerprint density at radius 3 is 2.93 bits per heavy atom. The fourth-order valence-electron chi connectivity index (χ4n) is 1.01. The Balaban J connectivity index is 3.00. The molecule has 4 heteroatoms. The predicted octanol–water partition coefficient (Wildman–Crippen LogP) is 3.41. The maximum absolute atomic E-state index is 13.3. The molecule has 0 saturated carbocycles. The summed E-state index contributed by atoms with van der Waals surface area (Å²) in [4.78, 5) is 0. The van der Waals surface area contributed by atoms with E-state index >= 15 is 0 Å². The van der Waals surface area contributed by atoms with Crippen LogP contribution in [-0.2, 0) is 0 Å². The maximum Gasteiger partial charge on any atom is 0.145 e. The standard InChI is InChI=1S/C11H9BrFNO/c1-2-3-4-15-11-6-8(12)5-10(13)9(11)7-14/h2-3,5-6H,4H2,1H3/b3-2+. The van der Waals surface area contributed by atoms with Gasteiger partial charge in [-0.05, 0) is 19.1 Å². The fourth-order valence-corrected chi connectivity index (χ4v) is 1.42. The minimum Gasteiger partial charge on any atom is -0.488 e. The van der Waals surface area contributed by atoms with Crippen LogP contribution < -0.4 is 4.74 Å². The number of benzene rings is 1. The van der Waals surface area contributed by atoms with E-state index in [1.54, 1.807) is 18.2 Å². The van der Waals surface area contributed by atoms with Gasteiger partial charge >= 0.3 is 0 Å². The summed E-state index contributed by atoms with van der Waals surface area (Å²) < 4.78 is 19.1. The number of allylic oxidation sites excluding steroid dienone is 1. The lowest BCUT2D eigenvalue weighted by Gasteiger charge is -2.06. The molecule has 0 radical (unpaired) electrons. The van der Waals surface area contributed by atoms with Crippen LogP contribution in [0.1, 0.15) is 12.5 Å². The van der Waals surface area contributed by atoms with Gasteiger partial charge in [0, 0.05) is 4.47 Å². The Bertz CT molecular complexity index is 423. The highest BCUT2D eigenvalue weighted by Crippen LogP contribution is 2.26.